The smallest absolute Gasteiger partial charge is 0.320 e. The minimum atomic E-state index is -0.834. The van der Waals surface area contributed by atoms with Crippen molar-refractivity contribution < 1.29 is 19.4 Å². The van der Waals surface area contributed by atoms with E-state index in [4.69, 9.17) is 14.6 Å². The second-order valence-electron chi connectivity index (χ2n) is 4.34. The molecule has 2 atom stereocenters. The number of carboxylic acid groups (broad SMARTS) is 1. The van der Waals surface area contributed by atoms with E-state index < -0.39 is 12.0 Å². The molecule has 5 heteroatoms. The van der Waals surface area contributed by atoms with Gasteiger partial charge in [-0.25, -0.2) is 0 Å². The number of nitrogens with one attached hydrogen (secondary N) is 1. The van der Waals surface area contributed by atoms with Crippen molar-refractivity contribution in [1.82, 2.24) is 5.32 Å². The van der Waals surface area contributed by atoms with Crippen molar-refractivity contribution in [2.75, 3.05) is 19.8 Å². The Morgan fingerprint density at radius 3 is 2.47 bits per heavy atom. The summed E-state index contributed by atoms with van der Waals surface area (Å²) in [5.41, 5.74) is 0. The third kappa shape index (κ3) is 9.09. The van der Waals surface area contributed by atoms with Gasteiger partial charge in [0.1, 0.15) is 6.04 Å². The third-order valence-electron chi connectivity index (χ3n) is 2.20. The molecule has 102 valence electrons. The zero-order valence-electron chi connectivity index (χ0n) is 11.2. The molecule has 0 bridgehead atoms. The number of ether oxygens (including phenoxy) is 2. The van der Waals surface area contributed by atoms with E-state index in [0.717, 1.165) is 0 Å². The fourth-order valence-electron chi connectivity index (χ4n) is 1.40. The van der Waals surface area contributed by atoms with Crippen LogP contribution in [0.5, 0.6) is 0 Å². The second kappa shape index (κ2) is 9.39. The number of rotatable bonds is 10. The van der Waals surface area contributed by atoms with Gasteiger partial charge >= 0.3 is 5.97 Å². The van der Waals surface area contributed by atoms with Gasteiger partial charge in [0.05, 0.1) is 12.7 Å². The van der Waals surface area contributed by atoms with Gasteiger partial charge in [-0.1, -0.05) is 13.8 Å². The molecule has 0 aliphatic heterocycles. The lowest BCUT2D eigenvalue weighted by atomic mass is 10.2. The Morgan fingerprint density at radius 1 is 1.35 bits per heavy atom. The molecular weight excluding hydrogens is 222 g/mol. The second-order valence-corrected chi connectivity index (χ2v) is 4.34. The van der Waals surface area contributed by atoms with Crippen LogP contribution in [0, 0.1) is 0 Å². The first-order chi connectivity index (χ1) is 7.97. The topological polar surface area (TPSA) is 67.8 Å². The Balaban J connectivity index is 3.77. The largest absolute Gasteiger partial charge is 0.480 e. The van der Waals surface area contributed by atoms with E-state index in [0.29, 0.717) is 26.2 Å². The van der Waals surface area contributed by atoms with Crippen LogP contribution in [0.2, 0.25) is 0 Å². The highest BCUT2D eigenvalue weighted by molar-refractivity contribution is 5.73. The van der Waals surface area contributed by atoms with Gasteiger partial charge in [0.15, 0.2) is 0 Å². The molecule has 0 aliphatic carbocycles. The third-order valence-corrected chi connectivity index (χ3v) is 2.20. The molecule has 0 fully saturated rings. The molecule has 0 saturated heterocycles. The number of hydrogen-bond acceptors (Lipinski definition) is 4. The zero-order valence-corrected chi connectivity index (χ0v) is 11.2. The van der Waals surface area contributed by atoms with Crippen molar-refractivity contribution in [2.45, 2.75) is 52.3 Å². The van der Waals surface area contributed by atoms with Crippen LogP contribution in [0.3, 0.4) is 0 Å². The first kappa shape index (κ1) is 16.4. The first-order valence-corrected chi connectivity index (χ1v) is 6.15. The average molecular weight is 247 g/mol. The monoisotopic (exact) mass is 247 g/mol. The molecule has 0 spiro atoms. The Labute approximate surface area is 103 Å². The maximum Gasteiger partial charge on any atom is 0.320 e. The van der Waals surface area contributed by atoms with Crippen LogP contribution in [0.15, 0.2) is 0 Å². The Bertz CT molecular complexity index is 209. The molecule has 2 unspecified atom stereocenters. The number of carbonyl (C=O) groups is 1. The summed E-state index contributed by atoms with van der Waals surface area (Å²) in [4.78, 5) is 10.9. The van der Waals surface area contributed by atoms with Crippen molar-refractivity contribution in [3.8, 4) is 0 Å². The van der Waals surface area contributed by atoms with Gasteiger partial charge in [-0.05, 0) is 20.3 Å². The SMILES string of the molecule is CCOCC(C)OCCC(NC(C)C)C(=O)O. The van der Waals surface area contributed by atoms with Crippen LogP contribution in [-0.4, -0.2) is 49.1 Å². The average Bonchev–Trinajstić information content (AvgIpc) is 2.24. The van der Waals surface area contributed by atoms with E-state index in [-0.39, 0.29) is 12.1 Å². The van der Waals surface area contributed by atoms with Gasteiger partial charge < -0.3 is 19.9 Å². The highest BCUT2D eigenvalue weighted by Gasteiger charge is 2.18. The minimum absolute atomic E-state index is 0.00319. The van der Waals surface area contributed by atoms with E-state index in [1.807, 2.05) is 27.7 Å². The predicted molar refractivity (Wildman–Crippen MR) is 66.2 cm³/mol. The number of carboxylic acids is 1. The quantitative estimate of drug-likeness (QED) is 0.608. The van der Waals surface area contributed by atoms with Gasteiger partial charge in [-0.3, -0.25) is 4.79 Å². The summed E-state index contributed by atoms with van der Waals surface area (Å²) in [6.07, 6.45) is 0.465. The molecule has 0 aliphatic rings. The van der Waals surface area contributed by atoms with Crippen LogP contribution in [-0.2, 0) is 14.3 Å². The van der Waals surface area contributed by atoms with Gasteiger partial charge in [-0.15, -0.1) is 0 Å². The fourth-order valence-corrected chi connectivity index (χ4v) is 1.40. The van der Waals surface area contributed by atoms with E-state index in [1.54, 1.807) is 0 Å². The summed E-state index contributed by atoms with van der Waals surface area (Å²) in [5, 5.41) is 12.0. The van der Waals surface area contributed by atoms with Crippen molar-refractivity contribution in [3.63, 3.8) is 0 Å². The predicted octanol–water partition coefficient (Wildman–Crippen LogP) is 1.27. The molecule has 0 rings (SSSR count). The Kier molecular flexibility index (Phi) is 9.03. The van der Waals surface area contributed by atoms with Crippen LogP contribution in [0.1, 0.15) is 34.1 Å². The molecule has 0 heterocycles. The summed E-state index contributed by atoms with van der Waals surface area (Å²) < 4.78 is 10.7. The zero-order chi connectivity index (χ0) is 13.3. The van der Waals surface area contributed by atoms with E-state index in [2.05, 4.69) is 5.32 Å². The highest BCUT2D eigenvalue weighted by Crippen LogP contribution is 1.99. The van der Waals surface area contributed by atoms with Crippen molar-refractivity contribution in [1.29, 1.82) is 0 Å². The maximum atomic E-state index is 10.9. The summed E-state index contributed by atoms with van der Waals surface area (Å²) >= 11 is 0. The Hall–Kier alpha value is -0.650. The van der Waals surface area contributed by atoms with Crippen LogP contribution >= 0.6 is 0 Å². The summed E-state index contributed by atoms with van der Waals surface area (Å²) in [6.45, 7) is 9.33. The number of hydrogen-bond donors (Lipinski definition) is 2. The van der Waals surface area contributed by atoms with Crippen LogP contribution < -0.4 is 5.32 Å². The molecule has 5 nitrogen and oxygen atoms in total. The molecule has 0 aromatic rings. The van der Waals surface area contributed by atoms with Gasteiger partial charge in [0.2, 0.25) is 0 Å². The lowest BCUT2D eigenvalue weighted by Crippen LogP contribution is -2.41. The van der Waals surface area contributed by atoms with Crippen molar-refractivity contribution in [3.05, 3.63) is 0 Å². The lowest BCUT2D eigenvalue weighted by Gasteiger charge is -2.18. The van der Waals surface area contributed by atoms with Crippen molar-refractivity contribution >= 4 is 5.97 Å². The van der Waals surface area contributed by atoms with Gasteiger partial charge in [-0.2, -0.15) is 0 Å². The van der Waals surface area contributed by atoms with Gasteiger partial charge in [0.25, 0.3) is 0 Å². The standard InChI is InChI=1S/C12H25NO4/c1-5-16-8-10(4)17-7-6-11(12(14)15)13-9(2)3/h9-11,13H,5-8H2,1-4H3,(H,14,15). The normalized spacial score (nSPS) is 14.9. The van der Waals surface area contributed by atoms with Crippen LogP contribution in [0.25, 0.3) is 0 Å². The molecule has 0 radical (unpaired) electrons. The first-order valence-electron chi connectivity index (χ1n) is 6.15. The molecule has 0 saturated carbocycles. The van der Waals surface area contributed by atoms with Gasteiger partial charge in [0, 0.05) is 19.3 Å². The van der Waals surface area contributed by atoms with E-state index >= 15 is 0 Å². The lowest BCUT2D eigenvalue weighted by molar-refractivity contribution is -0.140. The fraction of sp³-hybridized carbons (Fsp3) is 0.917. The number of aliphatic carboxylic acids is 1. The molecule has 17 heavy (non-hydrogen) atoms. The van der Waals surface area contributed by atoms with E-state index in [1.165, 1.54) is 0 Å². The molecule has 2 N–H and O–H groups in total. The Morgan fingerprint density at radius 2 is 2.00 bits per heavy atom. The molecular formula is C12H25NO4. The summed E-state index contributed by atoms with van der Waals surface area (Å²) in [7, 11) is 0. The van der Waals surface area contributed by atoms with Crippen LogP contribution in [0.4, 0.5) is 0 Å². The van der Waals surface area contributed by atoms with Crippen molar-refractivity contribution in [2.24, 2.45) is 0 Å². The highest BCUT2D eigenvalue weighted by atomic mass is 16.5. The summed E-state index contributed by atoms with van der Waals surface area (Å²) in [5.74, 6) is -0.834. The summed E-state index contributed by atoms with van der Waals surface area (Å²) in [6, 6.07) is -0.397. The molecule has 0 amide bonds. The van der Waals surface area contributed by atoms with E-state index in [9.17, 15) is 4.79 Å². The maximum absolute atomic E-state index is 10.9. The minimum Gasteiger partial charge on any atom is -0.480 e. The molecule has 0 aromatic heterocycles. The molecule has 0 aromatic carbocycles.